The summed E-state index contributed by atoms with van der Waals surface area (Å²) >= 11 is 12.2. The van der Waals surface area contributed by atoms with Gasteiger partial charge in [0.1, 0.15) is 0 Å². The van der Waals surface area contributed by atoms with E-state index < -0.39 is 0 Å². The molecule has 0 amide bonds. The molecular formula is C13H12Cl2N6. The topological polar surface area (TPSA) is 59.2 Å². The normalized spacial score (nSPS) is 12.6. The maximum Gasteiger partial charge on any atom is 0.200 e. The van der Waals surface area contributed by atoms with E-state index in [1.807, 2.05) is 43.1 Å². The summed E-state index contributed by atoms with van der Waals surface area (Å²) in [6, 6.07) is 9.19. The molecule has 1 aromatic carbocycles. The Balaban J connectivity index is 1.94. The van der Waals surface area contributed by atoms with Crippen molar-refractivity contribution in [3.05, 3.63) is 45.9 Å². The first-order valence-electron chi connectivity index (χ1n) is 6.29. The van der Waals surface area contributed by atoms with Gasteiger partial charge >= 0.3 is 0 Å². The first-order valence-corrected chi connectivity index (χ1v) is 7.05. The molecule has 2 aromatic heterocycles. The summed E-state index contributed by atoms with van der Waals surface area (Å²) in [5.74, 6) is 0.744. The van der Waals surface area contributed by atoms with Crippen LogP contribution in [-0.4, -0.2) is 32.3 Å². The maximum absolute atomic E-state index is 6.26. The lowest BCUT2D eigenvalue weighted by Crippen LogP contribution is -2.23. The number of rotatable bonds is 3. The number of hydrogen-bond acceptors (Lipinski definition) is 5. The van der Waals surface area contributed by atoms with Gasteiger partial charge in [-0.05, 0) is 47.2 Å². The summed E-state index contributed by atoms with van der Waals surface area (Å²) in [4.78, 5) is 2.00. The number of aromatic nitrogens is 5. The first kappa shape index (κ1) is 14.0. The zero-order valence-electron chi connectivity index (χ0n) is 11.4. The molecule has 8 heteroatoms. The van der Waals surface area contributed by atoms with E-state index in [2.05, 4.69) is 20.6 Å². The fraction of sp³-hybridized carbons (Fsp3) is 0.231. The van der Waals surface area contributed by atoms with Crippen LogP contribution in [0.15, 0.2) is 30.3 Å². The van der Waals surface area contributed by atoms with Crippen LogP contribution < -0.4 is 4.90 Å². The minimum absolute atomic E-state index is 0.0243. The van der Waals surface area contributed by atoms with E-state index in [9.17, 15) is 0 Å². The second-order valence-corrected chi connectivity index (χ2v) is 5.51. The zero-order chi connectivity index (χ0) is 15.0. The molecule has 2 heterocycles. The Kier molecular flexibility index (Phi) is 3.65. The van der Waals surface area contributed by atoms with Gasteiger partial charge in [0, 0.05) is 17.1 Å². The number of tetrazole rings is 1. The SMILES string of the molecule is CC(c1ccc(Cl)cc1Cl)N(C)c1ccc2nnnn2n1. The smallest absolute Gasteiger partial charge is 0.200 e. The number of anilines is 1. The predicted molar refractivity (Wildman–Crippen MR) is 81.9 cm³/mol. The van der Waals surface area contributed by atoms with Crippen LogP contribution in [0.1, 0.15) is 18.5 Å². The van der Waals surface area contributed by atoms with Gasteiger partial charge in [0.05, 0.1) is 6.04 Å². The van der Waals surface area contributed by atoms with Crippen molar-refractivity contribution in [3.8, 4) is 0 Å². The van der Waals surface area contributed by atoms with Gasteiger partial charge in [0.25, 0.3) is 0 Å². The monoisotopic (exact) mass is 322 g/mol. The highest BCUT2D eigenvalue weighted by atomic mass is 35.5. The summed E-state index contributed by atoms with van der Waals surface area (Å²) in [6.07, 6.45) is 0. The minimum atomic E-state index is 0.0243. The van der Waals surface area contributed by atoms with Crippen LogP contribution in [0.5, 0.6) is 0 Å². The Morgan fingerprint density at radius 3 is 2.76 bits per heavy atom. The van der Waals surface area contributed by atoms with Gasteiger partial charge in [-0.2, -0.15) is 0 Å². The van der Waals surface area contributed by atoms with Crippen LogP contribution in [0.3, 0.4) is 0 Å². The highest BCUT2D eigenvalue weighted by molar-refractivity contribution is 6.35. The Morgan fingerprint density at radius 1 is 1.19 bits per heavy atom. The van der Waals surface area contributed by atoms with Crippen molar-refractivity contribution in [2.24, 2.45) is 0 Å². The minimum Gasteiger partial charge on any atom is -0.351 e. The molecule has 6 nitrogen and oxygen atoms in total. The molecule has 0 radical (unpaired) electrons. The van der Waals surface area contributed by atoms with Gasteiger partial charge in [-0.3, -0.25) is 0 Å². The zero-order valence-corrected chi connectivity index (χ0v) is 12.9. The van der Waals surface area contributed by atoms with Crippen molar-refractivity contribution < 1.29 is 0 Å². The molecule has 0 aliphatic carbocycles. The van der Waals surface area contributed by atoms with Gasteiger partial charge in [-0.25, -0.2) is 0 Å². The summed E-state index contributed by atoms with van der Waals surface area (Å²) < 4.78 is 1.39. The van der Waals surface area contributed by atoms with Gasteiger partial charge < -0.3 is 4.90 Å². The maximum atomic E-state index is 6.26. The number of benzene rings is 1. The van der Waals surface area contributed by atoms with Crippen LogP contribution in [0.2, 0.25) is 10.0 Å². The summed E-state index contributed by atoms with van der Waals surface area (Å²) in [5.41, 5.74) is 1.58. The third-order valence-electron chi connectivity index (χ3n) is 3.41. The molecule has 1 unspecified atom stereocenters. The van der Waals surface area contributed by atoms with E-state index in [0.717, 1.165) is 11.4 Å². The molecule has 0 aliphatic heterocycles. The lowest BCUT2D eigenvalue weighted by atomic mass is 10.1. The van der Waals surface area contributed by atoms with E-state index in [0.29, 0.717) is 15.7 Å². The van der Waals surface area contributed by atoms with Gasteiger partial charge in [-0.1, -0.05) is 29.3 Å². The average molecular weight is 323 g/mol. The fourth-order valence-corrected chi connectivity index (χ4v) is 2.64. The average Bonchev–Trinajstić information content (AvgIpc) is 2.93. The number of halogens is 2. The summed E-state index contributed by atoms with van der Waals surface area (Å²) in [7, 11) is 1.94. The lowest BCUT2D eigenvalue weighted by Gasteiger charge is -2.26. The molecule has 0 saturated carbocycles. The third-order valence-corrected chi connectivity index (χ3v) is 3.97. The highest BCUT2D eigenvalue weighted by Crippen LogP contribution is 2.30. The Bertz CT molecular complexity index is 787. The number of fused-ring (bicyclic) bond motifs is 1. The summed E-state index contributed by atoms with van der Waals surface area (Å²) in [5, 5.41) is 16.8. The van der Waals surface area contributed by atoms with E-state index >= 15 is 0 Å². The Morgan fingerprint density at radius 2 is 2.00 bits per heavy atom. The molecule has 21 heavy (non-hydrogen) atoms. The molecule has 1 atom stereocenters. The molecular weight excluding hydrogens is 311 g/mol. The molecule has 3 rings (SSSR count). The van der Waals surface area contributed by atoms with Crippen LogP contribution in [0.25, 0.3) is 5.65 Å². The van der Waals surface area contributed by atoms with Gasteiger partial charge in [-0.15, -0.1) is 14.8 Å². The second-order valence-electron chi connectivity index (χ2n) is 4.67. The van der Waals surface area contributed by atoms with Gasteiger partial charge in [0.15, 0.2) is 11.5 Å². The van der Waals surface area contributed by atoms with Crippen molar-refractivity contribution in [2.75, 3.05) is 11.9 Å². The quantitative estimate of drug-likeness (QED) is 0.741. The fourth-order valence-electron chi connectivity index (χ4n) is 2.08. The van der Waals surface area contributed by atoms with Gasteiger partial charge in [0.2, 0.25) is 0 Å². The number of hydrogen-bond donors (Lipinski definition) is 0. The van der Waals surface area contributed by atoms with Crippen LogP contribution in [0.4, 0.5) is 5.82 Å². The standard InChI is InChI=1S/C13H12Cl2N6/c1-8(10-4-3-9(14)7-11(10)15)20(2)13-6-5-12-16-18-19-21(12)17-13/h3-8H,1-2H3. The molecule has 0 aliphatic rings. The molecule has 108 valence electrons. The van der Waals surface area contributed by atoms with E-state index in [-0.39, 0.29) is 6.04 Å². The first-order chi connectivity index (χ1) is 10.1. The lowest BCUT2D eigenvalue weighted by molar-refractivity contribution is 0.684. The largest absolute Gasteiger partial charge is 0.351 e. The molecule has 0 spiro atoms. The van der Waals surface area contributed by atoms with E-state index in [1.54, 1.807) is 6.07 Å². The molecule has 0 N–H and O–H groups in total. The van der Waals surface area contributed by atoms with E-state index in [4.69, 9.17) is 23.2 Å². The Hall–Kier alpha value is -1.92. The summed E-state index contributed by atoms with van der Waals surface area (Å²) in [6.45, 7) is 2.04. The van der Waals surface area contributed by atoms with Crippen LogP contribution in [0, 0.1) is 0 Å². The van der Waals surface area contributed by atoms with Crippen molar-refractivity contribution in [2.45, 2.75) is 13.0 Å². The van der Waals surface area contributed by atoms with Crippen LogP contribution >= 0.6 is 23.2 Å². The van der Waals surface area contributed by atoms with E-state index in [1.165, 1.54) is 4.63 Å². The van der Waals surface area contributed by atoms with Crippen LogP contribution in [-0.2, 0) is 0 Å². The molecule has 0 saturated heterocycles. The van der Waals surface area contributed by atoms with Crippen molar-refractivity contribution in [1.29, 1.82) is 0 Å². The molecule has 0 bridgehead atoms. The number of nitrogens with zero attached hydrogens (tertiary/aromatic N) is 6. The van der Waals surface area contributed by atoms with Crippen molar-refractivity contribution in [3.63, 3.8) is 0 Å². The molecule has 3 aromatic rings. The second kappa shape index (κ2) is 5.46. The third kappa shape index (κ3) is 2.64. The highest BCUT2D eigenvalue weighted by Gasteiger charge is 2.17. The Labute approximate surface area is 131 Å². The van der Waals surface area contributed by atoms with Crippen molar-refractivity contribution in [1.82, 2.24) is 25.3 Å². The molecule has 0 fully saturated rings. The van der Waals surface area contributed by atoms with Crippen molar-refractivity contribution >= 4 is 34.7 Å². The predicted octanol–water partition coefficient (Wildman–Crippen LogP) is 3.02.